The van der Waals surface area contributed by atoms with E-state index in [2.05, 4.69) is 6.92 Å². The van der Waals surface area contributed by atoms with Crippen LogP contribution in [-0.4, -0.2) is 20.2 Å². The van der Waals surface area contributed by atoms with E-state index in [0.717, 1.165) is 12.8 Å². The van der Waals surface area contributed by atoms with Crippen LogP contribution in [0.2, 0.25) is 0 Å². The summed E-state index contributed by atoms with van der Waals surface area (Å²) in [5, 5.41) is 9.85. The van der Waals surface area contributed by atoms with Gasteiger partial charge in [-0.3, -0.25) is 4.55 Å². The lowest BCUT2D eigenvalue weighted by Crippen LogP contribution is -2.16. The first-order valence-electron chi connectivity index (χ1n) is 7.36. The van der Waals surface area contributed by atoms with Crippen molar-refractivity contribution in [1.29, 1.82) is 0 Å². The lowest BCUT2D eigenvalue weighted by Gasteiger charge is -2.15. The number of aliphatic hydroxyl groups excluding tert-OH is 1. The summed E-state index contributed by atoms with van der Waals surface area (Å²) in [6.45, 7) is 2.18. The maximum absolute atomic E-state index is 10.7. The van der Waals surface area contributed by atoms with Crippen molar-refractivity contribution in [2.75, 3.05) is 0 Å². The molecule has 0 radical (unpaired) electrons. The van der Waals surface area contributed by atoms with Crippen LogP contribution in [0.3, 0.4) is 0 Å². The molecular weight excluding hydrogens is 292 g/mol. The van der Waals surface area contributed by atoms with E-state index >= 15 is 0 Å². The predicted molar refractivity (Wildman–Crippen MR) is 82.5 cm³/mol. The van der Waals surface area contributed by atoms with Crippen LogP contribution in [0.1, 0.15) is 51.9 Å². The molecule has 0 amide bonds. The largest absolute Gasteiger partial charge is 0.461 e. The van der Waals surface area contributed by atoms with Crippen molar-refractivity contribution in [2.24, 2.45) is 0 Å². The van der Waals surface area contributed by atoms with Crippen LogP contribution in [0.15, 0.2) is 24.3 Å². The number of rotatable bonds is 11. The summed E-state index contributed by atoms with van der Waals surface area (Å²) in [7, 11) is 0. The molecule has 0 spiro atoms. The zero-order valence-electron chi connectivity index (χ0n) is 12.4. The molecule has 2 atom stereocenters. The van der Waals surface area contributed by atoms with Crippen molar-refractivity contribution in [3.05, 3.63) is 24.3 Å². The summed E-state index contributed by atoms with van der Waals surface area (Å²) in [6, 6.07) is 6.47. The van der Waals surface area contributed by atoms with E-state index in [9.17, 15) is 9.32 Å². The minimum atomic E-state index is -2.41. The third-order valence-corrected chi connectivity index (χ3v) is 3.40. The van der Waals surface area contributed by atoms with Gasteiger partial charge in [-0.15, -0.1) is 0 Å². The molecule has 1 aromatic rings. The lowest BCUT2D eigenvalue weighted by atomic mass is 10.1. The zero-order valence-corrected chi connectivity index (χ0v) is 13.2. The molecule has 2 unspecified atom stereocenters. The average Bonchev–Trinajstić information content (AvgIpc) is 2.44. The maximum atomic E-state index is 10.7. The Morgan fingerprint density at radius 1 is 1.10 bits per heavy atom. The summed E-state index contributed by atoms with van der Waals surface area (Å²) >= 11 is -2.41. The van der Waals surface area contributed by atoms with Crippen molar-refractivity contribution in [3.63, 3.8) is 0 Å². The SMILES string of the molecule is CCCCCCCCC(O)Oc1ccccc1OS(=O)O. The number of hydrogen-bond donors (Lipinski definition) is 2. The van der Waals surface area contributed by atoms with Crippen molar-refractivity contribution >= 4 is 11.4 Å². The molecule has 5 nitrogen and oxygen atoms in total. The van der Waals surface area contributed by atoms with Crippen molar-refractivity contribution in [1.82, 2.24) is 0 Å². The summed E-state index contributed by atoms with van der Waals surface area (Å²) < 4.78 is 29.5. The molecule has 0 aliphatic rings. The maximum Gasteiger partial charge on any atom is 0.357 e. The highest BCUT2D eigenvalue weighted by Crippen LogP contribution is 2.28. The minimum absolute atomic E-state index is 0.139. The van der Waals surface area contributed by atoms with Gasteiger partial charge in [0.25, 0.3) is 0 Å². The third-order valence-electron chi connectivity index (χ3n) is 3.08. The molecule has 0 saturated heterocycles. The van der Waals surface area contributed by atoms with Gasteiger partial charge in [0.2, 0.25) is 0 Å². The summed E-state index contributed by atoms with van der Waals surface area (Å²) in [6.07, 6.45) is 6.42. The van der Waals surface area contributed by atoms with E-state index in [1.54, 1.807) is 18.2 Å². The van der Waals surface area contributed by atoms with Crippen LogP contribution >= 0.6 is 0 Å². The van der Waals surface area contributed by atoms with Crippen LogP contribution < -0.4 is 8.92 Å². The number of para-hydroxylation sites is 2. The first kappa shape index (κ1) is 17.9. The van der Waals surface area contributed by atoms with Crippen molar-refractivity contribution < 1.29 is 22.8 Å². The topological polar surface area (TPSA) is 76.0 Å². The minimum Gasteiger partial charge on any atom is -0.461 e. The Labute approximate surface area is 128 Å². The molecule has 0 fully saturated rings. The summed E-state index contributed by atoms with van der Waals surface area (Å²) in [5.74, 6) is 0.402. The number of ether oxygens (including phenoxy) is 1. The Balaban J connectivity index is 2.33. The van der Waals surface area contributed by atoms with Gasteiger partial charge in [0.05, 0.1) is 0 Å². The van der Waals surface area contributed by atoms with E-state index in [-0.39, 0.29) is 11.5 Å². The molecule has 0 saturated carbocycles. The molecule has 6 heteroatoms. The fraction of sp³-hybridized carbons (Fsp3) is 0.600. The molecule has 0 aliphatic heterocycles. The van der Waals surface area contributed by atoms with Gasteiger partial charge >= 0.3 is 11.4 Å². The molecule has 2 N–H and O–H groups in total. The van der Waals surface area contributed by atoms with E-state index in [0.29, 0.717) is 6.42 Å². The second-order valence-electron chi connectivity index (χ2n) is 4.88. The van der Waals surface area contributed by atoms with Gasteiger partial charge in [-0.05, 0) is 18.6 Å². The van der Waals surface area contributed by atoms with Gasteiger partial charge < -0.3 is 14.0 Å². The number of hydrogen-bond acceptors (Lipinski definition) is 4. The first-order chi connectivity index (χ1) is 10.1. The quantitative estimate of drug-likeness (QED) is 0.370. The Morgan fingerprint density at radius 3 is 2.38 bits per heavy atom. The molecular formula is C15H24O5S. The van der Waals surface area contributed by atoms with Crippen LogP contribution in [0, 0.1) is 0 Å². The summed E-state index contributed by atoms with van der Waals surface area (Å²) in [4.78, 5) is 0. The van der Waals surface area contributed by atoms with Gasteiger partial charge in [0, 0.05) is 6.42 Å². The molecule has 0 aromatic heterocycles. The van der Waals surface area contributed by atoms with Crippen LogP contribution in [0.25, 0.3) is 0 Å². The highest BCUT2D eigenvalue weighted by molar-refractivity contribution is 7.74. The van der Waals surface area contributed by atoms with E-state index < -0.39 is 17.7 Å². The number of unbranched alkanes of at least 4 members (excludes halogenated alkanes) is 5. The highest BCUT2D eigenvalue weighted by atomic mass is 32.2. The Hall–Kier alpha value is -1.11. The van der Waals surface area contributed by atoms with Crippen molar-refractivity contribution in [2.45, 2.75) is 58.2 Å². The third kappa shape index (κ3) is 8.04. The molecule has 0 aliphatic carbocycles. The second kappa shape index (κ2) is 10.6. The lowest BCUT2D eigenvalue weighted by molar-refractivity contribution is -0.0256. The van der Waals surface area contributed by atoms with E-state index in [4.69, 9.17) is 13.5 Å². The van der Waals surface area contributed by atoms with Gasteiger partial charge in [0.1, 0.15) is 0 Å². The first-order valence-corrected chi connectivity index (χ1v) is 8.39. The van der Waals surface area contributed by atoms with Gasteiger partial charge in [-0.1, -0.05) is 51.2 Å². The van der Waals surface area contributed by atoms with Gasteiger partial charge in [-0.2, -0.15) is 4.21 Å². The fourth-order valence-electron chi connectivity index (χ4n) is 2.00. The van der Waals surface area contributed by atoms with Crippen LogP contribution in [0.5, 0.6) is 11.5 Å². The van der Waals surface area contributed by atoms with E-state index in [1.807, 2.05) is 0 Å². The highest BCUT2D eigenvalue weighted by Gasteiger charge is 2.11. The second-order valence-corrected chi connectivity index (χ2v) is 5.48. The standard InChI is InChI=1S/C15H24O5S/c1-2-3-4-5-6-7-12-15(16)19-13-10-8-9-11-14(13)20-21(17)18/h8-11,15-16H,2-7,12H2,1H3,(H,17,18). The number of aliphatic hydroxyl groups is 1. The molecule has 21 heavy (non-hydrogen) atoms. The molecule has 120 valence electrons. The smallest absolute Gasteiger partial charge is 0.357 e. The monoisotopic (exact) mass is 316 g/mol. The Kier molecular flexibility index (Phi) is 9.05. The molecule has 1 rings (SSSR count). The van der Waals surface area contributed by atoms with Crippen LogP contribution in [-0.2, 0) is 11.4 Å². The van der Waals surface area contributed by atoms with Gasteiger partial charge in [0.15, 0.2) is 17.8 Å². The average molecular weight is 316 g/mol. The fourth-order valence-corrected chi connectivity index (χ4v) is 2.29. The van der Waals surface area contributed by atoms with E-state index in [1.165, 1.54) is 31.7 Å². The van der Waals surface area contributed by atoms with Gasteiger partial charge in [-0.25, -0.2) is 0 Å². The predicted octanol–water partition coefficient (Wildman–Crippen LogP) is 3.65. The van der Waals surface area contributed by atoms with Crippen molar-refractivity contribution in [3.8, 4) is 11.5 Å². The Bertz CT molecular complexity index is 424. The molecule has 1 aromatic carbocycles. The van der Waals surface area contributed by atoms with Crippen LogP contribution in [0.4, 0.5) is 0 Å². The zero-order chi connectivity index (χ0) is 15.5. The summed E-state index contributed by atoms with van der Waals surface area (Å²) in [5.41, 5.74) is 0. The Morgan fingerprint density at radius 2 is 1.71 bits per heavy atom. The molecule has 0 bridgehead atoms. The normalized spacial score (nSPS) is 13.7. The molecule has 0 heterocycles. The number of benzene rings is 1.